The van der Waals surface area contributed by atoms with Crippen LogP contribution in [-0.4, -0.2) is 55.1 Å². The molecule has 2 saturated heterocycles. The maximum atomic E-state index is 11.9. The Morgan fingerprint density at radius 3 is 2.61 bits per heavy atom. The van der Waals surface area contributed by atoms with Gasteiger partial charge in [-0.3, -0.25) is 9.78 Å². The molecule has 0 radical (unpaired) electrons. The van der Waals surface area contributed by atoms with Crippen LogP contribution in [0, 0.1) is 5.92 Å². The van der Waals surface area contributed by atoms with E-state index in [0.717, 1.165) is 68.5 Å². The fraction of sp³-hybridized carbons (Fsp3) is 0.476. The lowest BCUT2D eigenvalue weighted by atomic mass is 9.92. The van der Waals surface area contributed by atoms with Gasteiger partial charge in [-0.25, -0.2) is 4.98 Å². The molecule has 4 rings (SSSR count). The van der Waals surface area contributed by atoms with Crippen molar-refractivity contribution in [1.82, 2.24) is 20.6 Å². The van der Waals surface area contributed by atoms with Crippen LogP contribution in [0.1, 0.15) is 28.9 Å². The molecule has 7 heteroatoms. The minimum Gasteiger partial charge on any atom is -0.366 e. The van der Waals surface area contributed by atoms with Crippen molar-refractivity contribution < 1.29 is 4.79 Å². The molecule has 0 saturated carbocycles. The van der Waals surface area contributed by atoms with Crippen LogP contribution in [0.15, 0.2) is 30.5 Å². The lowest BCUT2D eigenvalue weighted by molar-refractivity contribution is 0.1000. The van der Waals surface area contributed by atoms with Crippen molar-refractivity contribution in [2.75, 3.05) is 44.2 Å². The van der Waals surface area contributed by atoms with Crippen molar-refractivity contribution in [3.8, 4) is 11.3 Å². The number of anilines is 1. The van der Waals surface area contributed by atoms with E-state index in [1.165, 1.54) is 12.8 Å². The smallest absolute Gasteiger partial charge is 0.248 e. The molecule has 148 valence electrons. The summed E-state index contributed by atoms with van der Waals surface area (Å²) in [5.74, 6) is 1.05. The fourth-order valence-electron chi connectivity index (χ4n) is 3.99. The van der Waals surface area contributed by atoms with Crippen LogP contribution in [0.5, 0.6) is 0 Å². The van der Waals surface area contributed by atoms with Crippen molar-refractivity contribution in [3.05, 3.63) is 41.7 Å². The molecule has 2 aromatic heterocycles. The number of carbonyl (C=O) groups excluding carboxylic acids is 1. The van der Waals surface area contributed by atoms with E-state index in [1.807, 2.05) is 12.3 Å². The number of piperazine rings is 1. The summed E-state index contributed by atoms with van der Waals surface area (Å²) in [6, 6.07) is 7.66. The van der Waals surface area contributed by atoms with Gasteiger partial charge >= 0.3 is 0 Å². The monoisotopic (exact) mass is 380 g/mol. The summed E-state index contributed by atoms with van der Waals surface area (Å²) in [5.41, 5.74) is 8.94. The number of hydrogen-bond donors (Lipinski definition) is 3. The molecule has 2 aliphatic rings. The summed E-state index contributed by atoms with van der Waals surface area (Å²) in [6.07, 6.45) is 5.20. The van der Waals surface area contributed by atoms with Crippen LogP contribution in [0.4, 0.5) is 5.82 Å². The van der Waals surface area contributed by atoms with Gasteiger partial charge in [-0.2, -0.15) is 0 Å². The Morgan fingerprint density at radius 1 is 1.11 bits per heavy atom. The van der Waals surface area contributed by atoms with Gasteiger partial charge in [-0.1, -0.05) is 0 Å². The number of rotatable bonds is 5. The normalized spacial score (nSPS) is 18.2. The van der Waals surface area contributed by atoms with Gasteiger partial charge in [0.15, 0.2) is 0 Å². The molecule has 4 N–H and O–H groups in total. The second-order valence-electron chi connectivity index (χ2n) is 7.63. The minimum atomic E-state index is -0.427. The molecule has 0 aliphatic carbocycles. The van der Waals surface area contributed by atoms with Crippen LogP contribution in [0.3, 0.4) is 0 Å². The van der Waals surface area contributed by atoms with Gasteiger partial charge in [0.05, 0.1) is 5.69 Å². The summed E-state index contributed by atoms with van der Waals surface area (Å²) < 4.78 is 0. The molecular formula is C21H28N6O. The number of carbonyl (C=O) groups is 1. The highest BCUT2D eigenvalue weighted by atomic mass is 16.1. The second-order valence-corrected chi connectivity index (χ2v) is 7.63. The number of pyridine rings is 2. The fourth-order valence-corrected chi connectivity index (χ4v) is 3.99. The molecule has 2 aromatic rings. The maximum Gasteiger partial charge on any atom is 0.248 e. The van der Waals surface area contributed by atoms with E-state index >= 15 is 0 Å². The molecule has 2 fully saturated rings. The van der Waals surface area contributed by atoms with Crippen LogP contribution in [-0.2, 0) is 6.42 Å². The van der Waals surface area contributed by atoms with Gasteiger partial charge in [0.25, 0.3) is 0 Å². The van der Waals surface area contributed by atoms with Crippen LogP contribution < -0.4 is 21.3 Å². The number of primary amides is 1. The van der Waals surface area contributed by atoms with E-state index in [1.54, 1.807) is 12.1 Å². The van der Waals surface area contributed by atoms with E-state index in [4.69, 9.17) is 10.7 Å². The second kappa shape index (κ2) is 8.67. The topological polar surface area (TPSA) is 96.2 Å². The lowest BCUT2D eigenvalue weighted by Crippen LogP contribution is -2.44. The highest BCUT2D eigenvalue weighted by molar-refractivity contribution is 5.94. The number of nitrogens with one attached hydrogen (secondary N) is 2. The van der Waals surface area contributed by atoms with E-state index in [2.05, 4.69) is 26.6 Å². The molecular weight excluding hydrogens is 352 g/mol. The average molecular weight is 380 g/mol. The zero-order chi connectivity index (χ0) is 19.3. The van der Waals surface area contributed by atoms with Gasteiger partial charge < -0.3 is 21.3 Å². The van der Waals surface area contributed by atoms with Crippen molar-refractivity contribution >= 4 is 11.7 Å². The van der Waals surface area contributed by atoms with E-state index in [9.17, 15) is 4.79 Å². The zero-order valence-corrected chi connectivity index (χ0v) is 16.2. The summed E-state index contributed by atoms with van der Waals surface area (Å²) in [4.78, 5) is 23.5. The number of piperidine rings is 1. The average Bonchev–Trinajstić information content (AvgIpc) is 2.75. The summed E-state index contributed by atoms with van der Waals surface area (Å²) in [5, 5.41) is 6.75. The third kappa shape index (κ3) is 4.48. The lowest BCUT2D eigenvalue weighted by Gasteiger charge is -2.29. The third-order valence-electron chi connectivity index (χ3n) is 5.61. The van der Waals surface area contributed by atoms with Crippen LogP contribution in [0.2, 0.25) is 0 Å². The quantitative estimate of drug-likeness (QED) is 0.721. The van der Waals surface area contributed by atoms with E-state index in [0.29, 0.717) is 11.5 Å². The summed E-state index contributed by atoms with van der Waals surface area (Å²) in [6.45, 7) is 5.72. The first-order chi connectivity index (χ1) is 13.7. The van der Waals surface area contributed by atoms with E-state index < -0.39 is 5.91 Å². The molecule has 7 nitrogen and oxygen atoms in total. The van der Waals surface area contributed by atoms with Crippen molar-refractivity contribution in [2.45, 2.75) is 19.3 Å². The molecule has 0 bridgehead atoms. The van der Waals surface area contributed by atoms with Crippen molar-refractivity contribution in [3.63, 3.8) is 0 Å². The van der Waals surface area contributed by atoms with Gasteiger partial charge in [0, 0.05) is 49.2 Å². The predicted octanol–water partition coefficient (Wildman–Crippen LogP) is 1.19. The Morgan fingerprint density at radius 2 is 1.86 bits per heavy atom. The molecule has 0 atom stereocenters. The van der Waals surface area contributed by atoms with Crippen molar-refractivity contribution in [2.24, 2.45) is 11.7 Å². The zero-order valence-electron chi connectivity index (χ0n) is 16.2. The Hall–Kier alpha value is -2.51. The minimum absolute atomic E-state index is 0.427. The SMILES string of the molecule is NC(=O)c1cc(-c2ccnc(CC3CCNCC3)c2)nc(N2CCNCC2)c1. The number of amides is 1. The summed E-state index contributed by atoms with van der Waals surface area (Å²) >= 11 is 0. The van der Waals surface area contributed by atoms with Crippen LogP contribution in [0.25, 0.3) is 11.3 Å². The first kappa shape index (κ1) is 18.8. The highest BCUT2D eigenvalue weighted by Crippen LogP contribution is 2.25. The number of hydrogen-bond acceptors (Lipinski definition) is 6. The Balaban J connectivity index is 1.62. The van der Waals surface area contributed by atoms with Gasteiger partial charge in [-0.15, -0.1) is 0 Å². The Labute approximate surface area is 165 Å². The molecule has 0 spiro atoms. The number of nitrogens with two attached hydrogens (primary N) is 1. The molecule has 2 aliphatic heterocycles. The molecule has 1 amide bonds. The van der Waals surface area contributed by atoms with Crippen molar-refractivity contribution in [1.29, 1.82) is 0 Å². The first-order valence-corrected chi connectivity index (χ1v) is 10.1. The number of aromatic nitrogens is 2. The predicted molar refractivity (Wildman–Crippen MR) is 110 cm³/mol. The Kier molecular flexibility index (Phi) is 5.83. The maximum absolute atomic E-state index is 11.9. The summed E-state index contributed by atoms with van der Waals surface area (Å²) in [7, 11) is 0. The third-order valence-corrected chi connectivity index (χ3v) is 5.61. The first-order valence-electron chi connectivity index (χ1n) is 10.1. The largest absolute Gasteiger partial charge is 0.366 e. The van der Waals surface area contributed by atoms with Crippen LogP contribution >= 0.6 is 0 Å². The Bertz CT molecular complexity index is 827. The molecule has 0 unspecified atom stereocenters. The number of nitrogens with zero attached hydrogens (tertiary/aromatic N) is 3. The highest BCUT2D eigenvalue weighted by Gasteiger charge is 2.17. The standard InChI is InChI=1S/C21H28N6O/c22-21(28)17-13-19(26-20(14-17)27-9-7-24-8-10-27)16-3-6-25-18(12-16)11-15-1-4-23-5-2-15/h3,6,12-15,23-24H,1-2,4-5,7-11H2,(H2,22,28). The molecule has 28 heavy (non-hydrogen) atoms. The van der Waals surface area contributed by atoms with Gasteiger partial charge in [0.2, 0.25) is 5.91 Å². The van der Waals surface area contributed by atoms with E-state index in [-0.39, 0.29) is 0 Å². The molecule has 4 heterocycles. The van der Waals surface area contributed by atoms with Gasteiger partial charge in [0.1, 0.15) is 5.82 Å². The molecule has 0 aromatic carbocycles. The van der Waals surface area contributed by atoms with Gasteiger partial charge in [-0.05, 0) is 62.5 Å².